The molecule has 0 saturated carbocycles. The van der Waals surface area contributed by atoms with Crippen LogP contribution in [0.25, 0.3) is 0 Å². The van der Waals surface area contributed by atoms with Crippen LogP contribution in [0.1, 0.15) is 26.7 Å². The van der Waals surface area contributed by atoms with Crippen molar-refractivity contribution in [3.8, 4) is 0 Å². The van der Waals surface area contributed by atoms with Crippen molar-refractivity contribution in [3.05, 3.63) is 0 Å². The van der Waals surface area contributed by atoms with Gasteiger partial charge in [-0.1, -0.05) is 13.3 Å². The fraction of sp³-hybridized carbons (Fsp3) is 0.800. The molecule has 0 aromatic carbocycles. The van der Waals surface area contributed by atoms with Crippen molar-refractivity contribution in [1.29, 1.82) is 0 Å². The minimum Gasteiger partial charge on any atom is -0.480 e. The van der Waals surface area contributed by atoms with Gasteiger partial charge in [-0.3, -0.25) is 4.90 Å². The van der Waals surface area contributed by atoms with E-state index in [4.69, 9.17) is 5.11 Å². The third-order valence-corrected chi connectivity index (χ3v) is 3.77. The normalized spacial score (nSPS) is 24.5. The summed E-state index contributed by atoms with van der Waals surface area (Å²) in [6, 6.07) is -0.958. The van der Waals surface area contributed by atoms with E-state index in [-0.39, 0.29) is 11.4 Å². The molecule has 2 unspecified atom stereocenters. The lowest BCUT2D eigenvalue weighted by molar-refractivity contribution is -0.141. The Morgan fingerprint density at radius 3 is 2.81 bits per heavy atom. The van der Waals surface area contributed by atoms with Gasteiger partial charge in [0.05, 0.1) is 5.37 Å². The van der Waals surface area contributed by atoms with Gasteiger partial charge < -0.3 is 10.4 Å². The maximum atomic E-state index is 11.8. The minimum atomic E-state index is -0.928. The molecular weight excluding hydrogens is 228 g/mol. The molecule has 2 atom stereocenters. The first-order valence-corrected chi connectivity index (χ1v) is 6.53. The highest BCUT2D eigenvalue weighted by atomic mass is 32.2. The van der Waals surface area contributed by atoms with Crippen LogP contribution in [0.5, 0.6) is 0 Å². The molecule has 0 radical (unpaired) electrons. The summed E-state index contributed by atoms with van der Waals surface area (Å²) < 4.78 is 0. The summed E-state index contributed by atoms with van der Waals surface area (Å²) in [7, 11) is 0. The number of nitrogens with one attached hydrogen (secondary N) is 1. The lowest BCUT2D eigenvalue weighted by Gasteiger charge is -2.25. The van der Waals surface area contributed by atoms with E-state index in [0.717, 1.165) is 12.8 Å². The van der Waals surface area contributed by atoms with Crippen molar-refractivity contribution < 1.29 is 14.7 Å². The van der Waals surface area contributed by atoms with E-state index in [1.807, 2.05) is 13.8 Å². The van der Waals surface area contributed by atoms with Crippen LogP contribution in [-0.4, -0.2) is 45.7 Å². The number of carbonyl (C=O) groups is 2. The Balaban J connectivity index is 2.54. The molecule has 0 aromatic heterocycles. The molecule has 1 rings (SSSR count). The number of carbonyl (C=O) groups excluding carboxylic acids is 1. The van der Waals surface area contributed by atoms with Gasteiger partial charge in [0.2, 0.25) is 0 Å². The molecule has 2 N–H and O–H groups in total. The maximum absolute atomic E-state index is 11.8. The van der Waals surface area contributed by atoms with E-state index >= 15 is 0 Å². The van der Waals surface area contributed by atoms with Gasteiger partial charge in [0.1, 0.15) is 6.04 Å². The zero-order valence-electron chi connectivity index (χ0n) is 9.60. The number of carboxylic acid groups (broad SMARTS) is 1. The van der Waals surface area contributed by atoms with E-state index < -0.39 is 12.0 Å². The second-order valence-corrected chi connectivity index (χ2v) is 5.13. The molecule has 2 amide bonds. The van der Waals surface area contributed by atoms with Crippen molar-refractivity contribution in [1.82, 2.24) is 10.2 Å². The van der Waals surface area contributed by atoms with Gasteiger partial charge in [-0.25, -0.2) is 9.59 Å². The van der Waals surface area contributed by atoms with E-state index in [1.54, 1.807) is 0 Å². The van der Waals surface area contributed by atoms with Crippen molar-refractivity contribution >= 4 is 23.8 Å². The van der Waals surface area contributed by atoms with Gasteiger partial charge in [-0.05, 0) is 13.3 Å². The molecular formula is C10H18N2O3S. The summed E-state index contributed by atoms with van der Waals surface area (Å²) in [4.78, 5) is 24.2. The van der Waals surface area contributed by atoms with Crippen LogP contribution >= 0.6 is 11.8 Å². The fourth-order valence-corrected chi connectivity index (χ4v) is 2.77. The van der Waals surface area contributed by atoms with Gasteiger partial charge >= 0.3 is 12.0 Å². The van der Waals surface area contributed by atoms with Crippen LogP contribution in [0.4, 0.5) is 4.79 Å². The number of unbranched alkanes of at least 4 members (excludes halogenated alkanes) is 1. The number of aliphatic carboxylic acids is 1. The van der Waals surface area contributed by atoms with E-state index in [2.05, 4.69) is 5.32 Å². The predicted octanol–water partition coefficient (Wildman–Crippen LogP) is 1.34. The Bertz CT molecular complexity index is 273. The van der Waals surface area contributed by atoms with Gasteiger partial charge in [0, 0.05) is 12.3 Å². The SMILES string of the molecule is CCCCNC(=O)N1C(C)SCC1C(=O)O. The third-order valence-electron chi connectivity index (χ3n) is 2.55. The summed E-state index contributed by atoms with van der Waals surface area (Å²) >= 11 is 1.49. The van der Waals surface area contributed by atoms with Gasteiger partial charge in [0.15, 0.2) is 0 Å². The Morgan fingerprint density at radius 1 is 1.56 bits per heavy atom. The second-order valence-electron chi connectivity index (χ2n) is 3.78. The topological polar surface area (TPSA) is 69.6 Å². The predicted molar refractivity (Wildman–Crippen MR) is 63.5 cm³/mol. The maximum Gasteiger partial charge on any atom is 0.327 e. The molecule has 92 valence electrons. The standard InChI is InChI=1S/C10H18N2O3S/c1-3-4-5-11-10(15)12-7(2)16-6-8(12)9(13)14/h7-8H,3-6H2,1-2H3,(H,11,15)(H,13,14). The Kier molecular flexibility index (Phi) is 4.92. The first kappa shape index (κ1) is 13.2. The molecule has 1 heterocycles. The first-order chi connectivity index (χ1) is 7.57. The van der Waals surface area contributed by atoms with Gasteiger partial charge in [-0.15, -0.1) is 11.8 Å². The quantitative estimate of drug-likeness (QED) is 0.734. The van der Waals surface area contributed by atoms with Crippen molar-refractivity contribution in [2.75, 3.05) is 12.3 Å². The monoisotopic (exact) mass is 246 g/mol. The molecule has 0 bridgehead atoms. The smallest absolute Gasteiger partial charge is 0.327 e. The van der Waals surface area contributed by atoms with Crippen LogP contribution < -0.4 is 5.32 Å². The molecule has 0 aliphatic carbocycles. The van der Waals surface area contributed by atoms with Crippen LogP contribution in [0.15, 0.2) is 0 Å². The first-order valence-electron chi connectivity index (χ1n) is 5.48. The average molecular weight is 246 g/mol. The summed E-state index contributed by atoms with van der Waals surface area (Å²) in [5.41, 5.74) is 0. The molecule has 1 fully saturated rings. The second kappa shape index (κ2) is 5.98. The molecule has 1 aliphatic heterocycles. The van der Waals surface area contributed by atoms with Crippen LogP contribution in [0, 0.1) is 0 Å². The number of thioether (sulfide) groups is 1. The number of hydrogen-bond donors (Lipinski definition) is 2. The minimum absolute atomic E-state index is 0.0669. The van der Waals surface area contributed by atoms with Crippen LogP contribution in [-0.2, 0) is 4.79 Å². The van der Waals surface area contributed by atoms with Crippen molar-refractivity contribution in [2.45, 2.75) is 38.1 Å². The lowest BCUT2D eigenvalue weighted by atomic mass is 10.3. The van der Waals surface area contributed by atoms with Gasteiger partial charge in [0.25, 0.3) is 0 Å². The number of rotatable bonds is 4. The fourth-order valence-electron chi connectivity index (χ4n) is 1.60. The number of carboxylic acids is 1. The Morgan fingerprint density at radius 2 is 2.25 bits per heavy atom. The summed E-state index contributed by atoms with van der Waals surface area (Å²) in [6.07, 6.45) is 1.92. The van der Waals surface area contributed by atoms with Gasteiger partial charge in [-0.2, -0.15) is 0 Å². The number of amides is 2. The molecule has 6 heteroatoms. The highest BCUT2D eigenvalue weighted by molar-refractivity contribution is 8.00. The zero-order chi connectivity index (χ0) is 12.1. The van der Waals surface area contributed by atoms with E-state index in [1.165, 1.54) is 16.7 Å². The Hall–Kier alpha value is -0.910. The van der Waals surface area contributed by atoms with E-state index in [0.29, 0.717) is 12.3 Å². The van der Waals surface area contributed by atoms with Crippen LogP contribution in [0.2, 0.25) is 0 Å². The zero-order valence-corrected chi connectivity index (χ0v) is 10.4. The van der Waals surface area contributed by atoms with Crippen LogP contribution in [0.3, 0.4) is 0 Å². The van der Waals surface area contributed by atoms with Crippen molar-refractivity contribution in [3.63, 3.8) is 0 Å². The highest BCUT2D eigenvalue weighted by Crippen LogP contribution is 2.28. The molecule has 16 heavy (non-hydrogen) atoms. The number of hydrogen-bond acceptors (Lipinski definition) is 3. The average Bonchev–Trinajstić information content (AvgIpc) is 2.60. The molecule has 1 aliphatic rings. The summed E-state index contributed by atoms with van der Waals surface area (Å²) in [6.45, 7) is 4.50. The summed E-state index contributed by atoms with van der Waals surface area (Å²) in [5, 5.41) is 11.7. The van der Waals surface area contributed by atoms with E-state index in [9.17, 15) is 9.59 Å². The highest BCUT2D eigenvalue weighted by Gasteiger charge is 2.39. The molecule has 1 saturated heterocycles. The number of urea groups is 1. The summed E-state index contributed by atoms with van der Waals surface area (Å²) in [5.74, 6) is -0.458. The number of nitrogens with zero attached hydrogens (tertiary/aromatic N) is 1. The Labute approximate surface area is 99.6 Å². The van der Waals surface area contributed by atoms with Crippen molar-refractivity contribution in [2.24, 2.45) is 0 Å². The lowest BCUT2D eigenvalue weighted by Crippen LogP contribution is -2.49. The third kappa shape index (κ3) is 3.04. The molecule has 0 aromatic rings. The largest absolute Gasteiger partial charge is 0.480 e. The molecule has 0 spiro atoms. The molecule has 5 nitrogen and oxygen atoms in total.